The van der Waals surface area contributed by atoms with Crippen LogP contribution in [0.5, 0.6) is 11.5 Å². The molecular weight excluding hydrogens is 378 g/mol. The third kappa shape index (κ3) is 3.70. The molecule has 2 heterocycles. The van der Waals surface area contributed by atoms with Gasteiger partial charge in [-0.2, -0.15) is 0 Å². The van der Waals surface area contributed by atoms with Crippen molar-refractivity contribution >= 4 is 11.6 Å². The molecule has 2 aromatic carbocycles. The molecule has 1 fully saturated rings. The molecule has 4 rings (SSSR count). The van der Waals surface area contributed by atoms with Gasteiger partial charge in [0.1, 0.15) is 11.5 Å². The predicted octanol–water partition coefficient (Wildman–Crippen LogP) is 4.74. The highest BCUT2D eigenvalue weighted by atomic mass is 35.5. The van der Waals surface area contributed by atoms with Gasteiger partial charge in [0.15, 0.2) is 0 Å². The summed E-state index contributed by atoms with van der Waals surface area (Å²) in [4.78, 5) is 2.34. The Bertz CT molecular complexity index is 960. The number of hydrogen-bond acceptors (Lipinski definition) is 6. The van der Waals surface area contributed by atoms with Crippen molar-refractivity contribution < 1.29 is 13.9 Å². The average molecular weight is 400 g/mol. The molecule has 1 unspecified atom stereocenters. The van der Waals surface area contributed by atoms with Gasteiger partial charge < -0.3 is 13.9 Å². The highest BCUT2D eigenvalue weighted by Crippen LogP contribution is 2.39. The van der Waals surface area contributed by atoms with Crippen LogP contribution < -0.4 is 9.47 Å². The summed E-state index contributed by atoms with van der Waals surface area (Å²) >= 11 is 6.24. The summed E-state index contributed by atoms with van der Waals surface area (Å²) < 4.78 is 16.8. The molecule has 0 spiro atoms. The standard InChI is InChI=1S/C21H22ClN3O3/c1-26-14-9-10-16(19(12-14)27-2)18-8-5-11-25(18)13-20-23-24-21(28-20)15-6-3-4-7-17(15)22/h3-4,6-7,9-10,12,18H,5,8,11,13H2,1-2H3. The Balaban J connectivity index is 1.55. The van der Waals surface area contributed by atoms with E-state index in [0.29, 0.717) is 23.3 Å². The first-order chi connectivity index (χ1) is 13.7. The van der Waals surface area contributed by atoms with Crippen molar-refractivity contribution in [2.24, 2.45) is 0 Å². The number of nitrogens with zero attached hydrogens (tertiary/aromatic N) is 3. The molecule has 7 heteroatoms. The largest absolute Gasteiger partial charge is 0.497 e. The first-order valence-electron chi connectivity index (χ1n) is 9.23. The first-order valence-corrected chi connectivity index (χ1v) is 9.60. The first kappa shape index (κ1) is 18.8. The zero-order chi connectivity index (χ0) is 19.5. The fourth-order valence-corrected chi connectivity index (χ4v) is 3.91. The van der Waals surface area contributed by atoms with Crippen LogP contribution in [0.3, 0.4) is 0 Å². The summed E-state index contributed by atoms with van der Waals surface area (Å²) in [5.41, 5.74) is 1.89. The van der Waals surface area contributed by atoms with E-state index >= 15 is 0 Å². The Labute approximate surface area is 169 Å². The SMILES string of the molecule is COc1ccc(C2CCCN2Cc2nnc(-c3ccccc3Cl)o2)c(OC)c1. The summed E-state index contributed by atoms with van der Waals surface area (Å²) in [5, 5.41) is 9.00. The van der Waals surface area contributed by atoms with Crippen molar-refractivity contribution in [3.8, 4) is 23.0 Å². The maximum absolute atomic E-state index is 6.24. The highest BCUT2D eigenvalue weighted by molar-refractivity contribution is 6.33. The Morgan fingerprint density at radius 1 is 1.14 bits per heavy atom. The van der Waals surface area contributed by atoms with Crippen LogP contribution >= 0.6 is 11.6 Å². The van der Waals surface area contributed by atoms with E-state index in [9.17, 15) is 0 Å². The molecule has 0 amide bonds. The van der Waals surface area contributed by atoms with Crippen LogP contribution in [0.4, 0.5) is 0 Å². The fourth-order valence-electron chi connectivity index (χ4n) is 3.70. The number of methoxy groups -OCH3 is 2. The molecule has 1 saturated heterocycles. The minimum atomic E-state index is 0.233. The van der Waals surface area contributed by atoms with Crippen LogP contribution in [-0.2, 0) is 6.54 Å². The van der Waals surface area contributed by atoms with Gasteiger partial charge in [0.25, 0.3) is 0 Å². The molecule has 1 aliphatic rings. The van der Waals surface area contributed by atoms with Crippen LogP contribution in [0.1, 0.15) is 30.3 Å². The molecule has 3 aromatic rings. The smallest absolute Gasteiger partial charge is 0.249 e. The predicted molar refractivity (Wildman–Crippen MR) is 107 cm³/mol. The number of hydrogen-bond donors (Lipinski definition) is 0. The summed E-state index contributed by atoms with van der Waals surface area (Å²) in [6.07, 6.45) is 2.15. The number of ether oxygens (including phenoxy) is 2. The lowest BCUT2D eigenvalue weighted by atomic mass is 10.0. The van der Waals surface area contributed by atoms with Gasteiger partial charge in [0, 0.05) is 17.7 Å². The van der Waals surface area contributed by atoms with Gasteiger partial charge in [0.05, 0.1) is 31.4 Å². The maximum Gasteiger partial charge on any atom is 0.249 e. The Morgan fingerprint density at radius 3 is 2.79 bits per heavy atom. The van der Waals surface area contributed by atoms with Crippen LogP contribution in [0.2, 0.25) is 5.02 Å². The van der Waals surface area contributed by atoms with Crippen molar-refractivity contribution in [3.63, 3.8) is 0 Å². The normalized spacial score (nSPS) is 17.0. The molecule has 1 aliphatic heterocycles. The lowest BCUT2D eigenvalue weighted by Gasteiger charge is -2.25. The van der Waals surface area contributed by atoms with E-state index in [1.807, 2.05) is 36.4 Å². The van der Waals surface area contributed by atoms with Crippen molar-refractivity contribution in [1.82, 2.24) is 15.1 Å². The van der Waals surface area contributed by atoms with E-state index in [1.165, 1.54) is 0 Å². The lowest BCUT2D eigenvalue weighted by molar-refractivity contribution is 0.220. The summed E-state index contributed by atoms with van der Waals surface area (Å²) in [6, 6.07) is 13.7. The molecule has 1 atom stereocenters. The fraction of sp³-hybridized carbons (Fsp3) is 0.333. The highest BCUT2D eigenvalue weighted by Gasteiger charge is 2.30. The Kier molecular flexibility index (Phi) is 5.50. The monoisotopic (exact) mass is 399 g/mol. The van der Waals surface area contributed by atoms with Gasteiger partial charge >= 0.3 is 0 Å². The summed E-state index contributed by atoms with van der Waals surface area (Å²) in [7, 11) is 3.34. The van der Waals surface area contributed by atoms with Crippen molar-refractivity contribution in [1.29, 1.82) is 0 Å². The number of benzene rings is 2. The van der Waals surface area contributed by atoms with E-state index < -0.39 is 0 Å². The lowest BCUT2D eigenvalue weighted by Crippen LogP contribution is -2.23. The van der Waals surface area contributed by atoms with Gasteiger partial charge in [0.2, 0.25) is 11.8 Å². The van der Waals surface area contributed by atoms with Crippen molar-refractivity contribution in [3.05, 3.63) is 58.9 Å². The van der Waals surface area contributed by atoms with Crippen LogP contribution in [-0.4, -0.2) is 35.9 Å². The van der Waals surface area contributed by atoms with Crippen LogP contribution in [0.15, 0.2) is 46.9 Å². The quantitative estimate of drug-likeness (QED) is 0.596. The zero-order valence-electron chi connectivity index (χ0n) is 15.9. The molecule has 0 N–H and O–H groups in total. The number of halogens is 1. The van der Waals surface area contributed by atoms with Crippen molar-refractivity contribution in [2.75, 3.05) is 20.8 Å². The van der Waals surface area contributed by atoms with E-state index in [-0.39, 0.29) is 6.04 Å². The molecule has 146 valence electrons. The topological polar surface area (TPSA) is 60.6 Å². The van der Waals surface area contributed by atoms with Crippen LogP contribution in [0, 0.1) is 0 Å². The third-order valence-electron chi connectivity index (χ3n) is 5.07. The molecule has 28 heavy (non-hydrogen) atoms. The van der Waals surface area contributed by atoms with Gasteiger partial charge in [-0.3, -0.25) is 4.90 Å². The minimum absolute atomic E-state index is 0.233. The van der Waals surface area contributed by atoms with E-state index in [2.05, 4.69) is 21.2 Å². The van der Waals surface area contributed by atoms with Crippen LogP contribution in [0.25, 0.3) is 11.5 Å². The number of aromatic nitrogens is 2. The van der Waals surface area contributed by atoms with Gasteiger partial charge in [-0.25, -0.2) is 0 Å². The van der Waals surface area contributed by atoms with Gasteiger partial charge in [-0.05, 0) is 37.6 Å². The van der Waals surface area contributed by atoms with E-state index in [0.717, 1.165) is 42.0 Å². The van der Waals surface area contributed by atoms with Gasteiger partial charge in [-0.15, -0.1) is 10.2 Å². The maximum atomic E-state index is 6.24. The molecular formula is C21H22ClN3O3. The number of rotatable bonds is 6. The Hall–Kier alpha value is -2.57. The molecule has 6 nitrogen and oxygen atoms in total. The second-order valence-electron chi connectivity index (χ2n) is 6.72. The molecule has 0 radical (unpaired) electrons. The van der Waals surface area contributed by atoms with E-state index in [1.54, 1.807) is 14.2 Å². The second kappa shape index (κ2) is 8.20. The molecule has 0 aliphatic carbocycles. The van der Waals surface area contributed by atoms with E-state index in [4.69, 9.17) is 25.5 Å². The number of likely N-dealkylation sites (tertiary alicyclic amines) is 1. The zero-order valence-corrected chi connectivity index (χ0v) is 16.6. The second-order valence-corrected chi connectivity index (χ2v) is 7.12. The molecule has 0 saturated carbocycles. The minimum Gasteiger partial charge on any atom is -0.497 e. The summed E-state index contributed by atoms with van der Waals surface area (Å²) in [6.45, 7) is 1.54. The van der Waals surface area contributed by atoms with Crippen molar-refractivity contribution in [2.45, 2.75) is 25.4 Å². The molecule has 1 aromatic heterocycles. The average Bonchev–Trinajstić information content (AvgIpc) is 3.38. The third-order valence-corrected chi connectivity index (χ3v) is 5.40. The Morgan fingerprint density at radius 2 is 2.00 bits per heavy atom. The molecule has 0 bridgehead atoms. The van der Waals surface area contributed by atoms with Gasteiger partial charge in [-0.1, -0.05) is 29.8 Å². The summed E-state index contributed by atoms with van der Waals surface area (Å²) in [5.74, 6) is 2.64.